The Kier molecular flexibility index (Phi) is 14.9. The zero-order valence-electron chi connectivity index (χ0n) is 37.1. The normalized spacial score (nSPS) is 21.5. The molecule has 1 saturated heterocycles. The summed E-state index contributed by atoms with van der Waals surface area (Å²) in [6.45, 7) is 36.4. The fourth-order valence-corrected chi connectivity index (χ4v) is 10.3. The summed E-state index contributed by atoms with van der Waals surface area (Å²) < 4.78 is 0. The van der Waals surface area contributed by atoms with Crippen molar-refractivity contribution in [3.8, 4) is 11.1 Å². The molecule has 0 radical (unpaired) electrons. The number of nitrogens with zero attached hydrogens (tertiary/aromatic N) is 3. The Balaban J connectivity index is 1.52. The molecule has 5 nitrogen and oxygen atoms in total. The Hall–Kier alpha value is -3.70. The van der Waals surface area contributed by atoms with Gasteiger partial charge in [-0.15, -0.1) is 6.58 Å². The van der Waals surface area contributed by atoms with Gasteiger partial charge in [-0.2, -0.15) is 0 Å². The van der Waals surface area contributed by atoms with Crippen LogP contribution in [0.5, 0.6) is 0 Å². The average Bonchev–Trinajstić information content (AvgIpc) is 3.48. The van der Waals surface area contributed by atoms with Gasteiger partial charge < -0.3 is 25.3 Å². The van der Waals surface area contributed by atoms with E-state index in [1.807, 2.05) is 0 Å². The van der Waals surface area contributed by atoms with Crippen LogP contribution in [-0.4, -0.2) is 68.2 Å². The molecule has 2 aromatic rings. The number of hydrogen-bond acceptors (Lipinski definition) is 5. The van der Waals surface area contributed by atoms with Crippen molar-refractivity contribution in [2.24, 2.45) is 23.2 Å². The summed E-state index contributed by atoms with van der Waals surface area (Å²) in [6.07, 6.45) is 14.9. The van der Waals surface area contributed by atoms with Crippen molar-refractivity contribution >= 4 is 5.69 Å². The highest BCUT2D eigenvalue weighted by Gasteiger charge is 2.43. The third-order valence-electron chi connectivity index (χ3n) is 13.1. The lowest BCUT2D eigenvalue weighted by atomic mass is 9.73. The number of allylic oxidation sites excluding steroid dienone is 1. The first-order valence-electron chi connectivity index (χ1n) is 22.1. The maximum absolute atomic E-state index is 4.76. The molecule has 3 aliphatic rings. The number of hydrogen-bond donors (Lipinski definition) is 2. The highest BCUT2D eigenvalue weighted by atomic mass is 15.2. The molecule has 2 aromatic carbocycles. The zero-order chi connectivity index (χ0) is 40.7. The topological polar surface area (TPSA) is 33.8 Å². The van der Waals surface area contributed by atoms with E-state index in [1.165, 1.54) is 64.9 Å². The minimum Gasteiger partial charge on any atom is -0.384 e. The van der Waals surface area contributed by atoms with Crippen LogP contribution in [0.15, 0.2) is 103 Å². The van der Waals surface area contributed by atoms with Gasteiger partial charge in [-0.25, -0.2) is 0 Å². The molecule has 5 rings (SSSR count). The van der Waals surface area contributed by atoms with Crippen LogP contribution in [0.3, 0.4) is 0 Å². The van der Waals surface area contributed by atoms with Crippen LogP contribution in [-0.2, 0) is 6.42 Å². The molecule has 5 heteroatoms. The van der Waals surface area contributed by atoms with Gasteiger partial charge >= 0.3 is 0 Å². The number of nitrogens with one attached hydrogen (secondary N) is 2. The van der Waals surface area contributed by atoms with Gasteiger partial charge in [-0.1, -0.05) is 117 Å². The number of anilines is 1. The number of dihydropyridines is 1. The van der Waals surface area contributed by atoms with E-state index in [0.29, 0.717) is 29.7 Å². The molecule has 3 heterocycles. The molecule has 306 valence electrons. The quantitative estimate of drug-likeness (QED) is 0.139. The number of likely N-dealkylation sites (N-methyl/N-ethyl adjacent to an activating group) is 2. The van der Waals surface area contributed by atoms with Crippen molar-refractivity contribution in [1.29, 1.82) is 0 Å². The van der Waals surface area contributed by atoms with E-state index in [9.17, 15) is 0 Å². The molecule has 0 aromatic heterocycles. The highest BCUT2D eigenvalue weighted by Crippen LogP contribution is 2.51. The number of rotatable bonds is 19. The van der Waals surface area contributed by atoms with Gasteiger partial charge in [0.25, 0.3) is 0 Å². The standard InChI is InChI=1S/C51H77N5/c1-14-27-51(10,11)33-45-44-32-42(25-26-47(44)56(17-4)50(45)43-24-19-28-52-48(43)36(7)15-2)41-23-18-21-40(30-41)31-46(53-37(8)49(35(5)6)54(12)13)38(9)55-29-20-22-39(16-3)34-55/h16,18-19,21,23-26,30,32,35-36,39,45-46,49-50,52-53H,3,8-9,14-15,17,20,22,27-29,31,33-34H2,1-2,4-7,10-13H3. The first kappa shape index (κ1) is 43.4. The Labute approximate surface area is 343 Å². The van der Waals surface area contributed by atoms with Gasteiger partial charge in [0, 0.05) is 54.9 Å². The predicted molar refractivity (Wildman–Crippen MR) is 244 cm³/mol. The van der Waals surface area contributed by atoms with Gasteiger partial charge in [-0.05, 0) is 123 Å². The molecule has 1 fully saturated rings. The number of piperidine rings is 1. The number of fused-ring (bicyclic) bond motifs is 1. The fourth-order valence-electron chi connectivity index (χ4n) is 10.3. The Morgan fingerprint density at radius 3 is 2.46 bits per heavy atom. The number of benzene rings is 2. The first-order valence-corrected chi connectivity index (χ1v) is 22.1. The second-order valence-electron chi connectivity index (χ2n) is 18.5. The third-order valence-corrected chi connectivity index (χ3v) is 13.1. The minimum absolute atomic E-state index is 0.0386. The van der Waals surface area contributed by atoms with Gasteiger partial charge in [-0.3, -0.25) is 0 Å². The van der Waals surface area contributed by atoms with Crippen LogP contribution >= 0.6 is 0 Å². The molecule has 0 saturated carbocycles. The van der Waals surface area contributed by atoms with Crippen molar-refractivity contribution in [3.05, 3.63) is 114 Å². The molecular formula is C51H77N5. The van der Waals surface area contributed by atoms with Crippen LogP contribution in [0.4, 0.5) is 5.69 Å². The second-order valence-corrected chi connectivity index (χ2v) is 18.5. The predicted octanol–water partition coefficient (Wildman–Crippen LogP) is 11.3. The maximum atomic E-state index is 4.76. The minimum atomic E-state index is 0.0386. The Morgan fingerprint density at radius 1 is 1.05 bits per heavy atom. The lowest BCUT2D eigenvalue weighted by Crippen LogP contribution is -2.47. The van der Waals surface area contributed by atoms with E-state index in [0.717, 1.165) is 56.8 Å². The molecule has 0 aliphatic carbocycles. The van der Waals surface area contributed by atoms with E-state index in [-0.39, 0.29) is 17.5 Å². The molecule has 6 atom stereocenters. The van der Waals surface area contributed by atoms with E-state index >= 15 is 0 Å². The van der Waals surface area contributed by atoms with E-state index < -0.39 is 0 Å². The van der Waals surface area contributed by atoms with E-state index in [4.69, 9.17) is 6.58 Å². The summed E-state index contributed by atoms with van der Waals surface area (Å²) in [5, 5.41) is 7.77. The largest absolute Gasteiger partial charge is 0.384 e. The van der Waals surface area contributed by atoms with Crippen molar-refractivity contribution in [2.45, 2.75) is 124 Å². The SMILES string of the molecule is C=CC1CCCN(C(=C)C(Cc2cccc(-c3ccc4c(c3)C(CC(C)(C)CCC)C(C3=C(C(C)CC)NCC=C3)N4CC)c2)NC(=C)C(C(C)C)N(C)C)C1. The molecule has 56 heavy (non-hydrogen) atoms. The summed E-state index contributed by atoms with van der Waals surface area (Å²) in [6, 6.07) is 17.2. The smallest absolute Gasteiger partial charge is 0.0693 e. The third kappa shape index (κ3) is 9.87. The lowest BCUT2D eigenvalue weighted by Gasteiger charge is -2.40. The summed E-state index contributed by atoms with van der Waals surface area (Å²) in [5.74, 6) is 1.85. The van der Waals surface area contributed by atoms with E-state index in [1.54, 1.807) is 0 Å². The molecule has 3 aliphatic heterocycles. The molecule has 0 spiro atoms. The Bertz CT molecular complexity index is 1720. The molecule has 0 amide bonds. The van der Waals surface area contributed by atoms with Crippen molar-refractivity contribution < 1.29 is 0 Å². The molecule has 2 N–H and O–H groups in total. The van der Waals surface area contributed by atoms with Gasteiger partial charge in [0.15, 0.2) is 0 Å². The van der Waals surface area contributed by atoms with Crippen LogP contribution in [0.2, 0.25) is 0 Å². The van der Waals surface area contributed by atoms with Gasteiger partial charge in [0.2, 0.25) is 0 Å². The van der Waals surface area contributed by atoms with Crippen LogP contribution in [0.25, 0.3) is 11.1 Å². The second kappa shape index (κ2) is 19.2. The van der Waals surface area contributed by atoms with Gasteiger partial charge in [0.05, 0.1) is 18.1 Å². The van der Waals surface area contributed by atoms with Crippen LogP contribution < -0.4 is 15.5 Å². The fraction of sp³-hybridized carbons (Fsp3) is 0.569. The van der Waals surface area contributed by atoms with E-state index in [2.05, 4.69) is 169 Å². The molecular weight excluding hydrogens is 683 g/mol. The molecule has 6 unspecified atom stereocenters. The summed E-state index contributed by atoms with van der Waals surface area (Å²) in [7, 11) is 4.31. The lowest BCUT2D eigenvalue weighted by molar-refractivity contribution is 0.221. The summed E-state index contributed by atoms with van der Waals surface area (Å²) in [4.78, 5) is 7.49. The Morgan fingerprint density at radius 2 is 1.80 bits per heavy atom. The van der Waals surface area contributed by atoms with Crippen molar-refractivity contribution in [3.63, 3.8) is 0 Å². The van der Waals surface area contributed by atoms with Crippen LogP contribution in [0, 0.1) is 23.2 Å². The average molecular weight is 760 g/mol. The molecule has 0 bridgehead atoms. The highest BCUT2D eigenvalue weighted by molar-refractivity contribution is 5.74. The van der Waals surface area contributed by atoms with Crippen molar-refractivity contribution in [2.75, 3.05) is 45.2 Å². The van der Waals surface area contributed by atoms with Crippen LogP contribution in [0.1, 0.15) is 111 Å². The van der Waals surface area contributed by atoms with Gasteiger partial charge in [0.1, 0.15) is 0 Å². The number of likely N-dealkylation sites (tertiary alicyclic amines) is 1. The summed E-state index contributed by atoms with van der Waals surface area (Å²) >= 11 is 0. The summed E-state index contributed by atoms with van der Waals surface area (Å²) in [5.41, 5.74) is 12.2. The van der Waals surface area contributed by atoms with Crippen molar-refractivity contribution in [1.82, 2.24) is 20.4 Å². The maximum Gasteiger partial charge on any atom is 0.0693 e. The zero-order valence-corrected chi connectivity index (χ0v) is 37.1. The first-order chi connectivity index (χ1) is 26.7. The monoisotopic (exact) mass is 760 g/mol.